The van der Waals surface area contributed by atoms with Crippen molar-refractivity contribution >= 4 is 21.7 Å². The highest BCUT2D eigenvalue weighted by molar-refractivity contribution is 7.93. The maximum absolute atomic E-state index is 14.2. The number of fused-ring (bicyclic) bond motifs is 1. The number of rotatable bonds is 5. The molecule has 176 valence electrons. The smallest absolute Gasteiger partial charge is 0.338 e. The number of halogens is 1. The van der Waals surface area contributed by atoms with Crippen LogP contribution in [0.3, 0.4) is 0 Å². The van der Waals surface area contributed by atoms with Crippen molar-refractivity contribution in [2.75, 3.05) is 16.6 Å². The predicted octanol–water partition coefficient (Wildman–Crippen LogP) is 4.33. The molecule has 7 nitrogen and oxygen atoms in total. The number of nitrogens with zero attached hydrogens (tertiary/aromatic N) is 1. The van der Waals surface area contributed by atoms with E-state index in [4.69, 9.17) is 14.2 Å². The maximum atomic E-state index is 14.2. The molecule has 1 atom stereocenters. The molecular formula is C25H22FNO6S. The third-order valence-electron chi connectivity index (χ3n) is 5.72. The Kier molecular flexibility index (Phi) is 5.97. The number of ether oxygens (including phenoxy) is 3. The Bertz CT molecular complexity index is 1330. The zero-order valence-corrected chi connectivity index (χ0v) is 19.0. The highest BCUT2D eigenvalue weighted by Gasteiger charge is 2.29. The van der Waals surface area contributed by atoms with Crippen molar-refractivity contribution in [2.24, 2.45) is 0 Å². The van der Waals surface area contributed by atoms with Gasteiger partial charge in [0.2, 0.25) is 16.3 Å². The van der Waals surface area contributed by atoms with Crippen LogP contribution in [0.2, 0.25) is 0 Å². The van der Waals surface area contributed by atoms with E-state index >= 15 is 0 Å². The lowest BCUT2D eigenvalue weighted by Crippen LogP contribution is -2.25. The fraction of sp³-hybridized carbons (Fsp3) is 0.240. The van der Waals surface area contributed by atoms with Gasteiger partial charge in [-0.3, -0.25) is 4.31 Å². The Morgan fingerprint density at radius 2 is 1.91 bits per heavy atom. The van der Waals surface area contributed by atoms with Crippen LogP contribution in [-0.4, -0.2) is 26.7 Å². The Morgan fingerprint density at radius 3 is 2.68 bits per heavy atom. The Balaban J connectivity index is 1.34. The third-order valence-corrected chi connectivity index (χ3v) is 7.59. The number of benzene rings is 3. The van der Waals surface area contributed by atoms with Gasteiger partial charge in [-0.2, -0.15) is 0 Å². The van der Waals surface area contributed by atoms with Gasteiger partial charge in [0.25, 0.3) is 0 Å². The number of carbonyl (C=O) groups excluding carboxylic acids is 1. The van der Waals surface area contributed by atoms with E-state index in [0.717, 1.165) is 5.56 Å². The summed E-state index contributed by atoms with van der Waals surface area (Å²) in [6, 6.07) is 18.2. The van der Waals surface area contributed by atoms with E-state index in [1.54, 1.807) is 18.2 Å². The van der Waals surface area contributed by atoms with Gasteiger partial charge in [0.15, 0.2) is 0 Å². The Hall–Kier alpha value is -3.43. The minimum absolute atomic E-state index is 0.0834. The summed E-state index contributed by atoms with van der Waals surface area (Å²) >= 11 is 0. The summed E-state index contributed by atoms with van der Waals surface area (Å²) in [4.78, 5) is 12.7. The SMILES string of the molecule is O=C(OCc1cc(F)cc2c1O[C@@H](c1ccccc1)OC2)c1cccc(N2CCCS2(=O)=O)c1. The Labute approximate surface area is 196 Å². The second-order valence-corrected chi connectivity index (χ2v) is 10.1. The molecular weight excluding hydrogens is 461 g/mol. The van der Waals surface area contributed by atoms with Crippen molar-refractivity contribution in [1.29, 1.82) is 0 Å². The highest BCUT2D eigenvalue weighted by Crippen LogP contribution is 2.37. The molecule has 0 radical (unpaired) electrons. The van der Waals surface area contributed by atoms with Crippen LogP contribution in [0.1, 0.15) is 39.8 Å². The van der Waals surface area contributed by atoms with Crippen LogP contribution in [0.15, 0.2) is 66.7 Å². The molecule has 2 aliphatic rings. The van der Waals surface area contributed by atoms with Crippen LogP contribution in [0.5, 0.6) is 5.75 Å². The van der Waals surface area contributed by atoms with Crippen LogP contribution in [0.25, 0.3) is 0 Å². The maximum Gasteiger partial charge on any atom is 0.338 e. The lowest BCUT2D eigenvalue weighted by atomic mass is 10.1. The van der Waals surface area contributed by atoms with E-state index < -0.39 is 28.1 Å². The van der Waals surface area contributed by atoms with E-state index in [1.807, 2.05) is 30.3 Å². The number of hydrogen-bond acceptors (Lipinski definition) is 6. The number of hydrogen-bond donors (Lipinski definition) is 0. The van der Waals surface area contributed by atoms with Gasteiger partial charge in [-0.15, -0.1) is 0 Å². The average molecular weight is 484 g/mol. The molecule has 2 aliphatic heterocycles. The van der Waals surface area contributed by atoms with Gasteiger partial charge in [0.1, 0.15) is 18.2 Å². The minimum Gasteiger partial charge on any atom is -0.460 e. The molecule has 0 aromatic heterocycles. The third kappa shape index (κ3) is 4.49. The number of carbonyl (C=O) groups is 1. The Morgan fingerprint density at radius 1 is 1.09 bits per heavy atom. The van der Waals surface area contributed by atoms with E-state index in [2.05, 4.69) is 0 Å². The van der Waals surface area contributed by atoms with Crippen molar-refractivity contribution in [3.8, 4) is 5.75 Å². The van der Waals surface area contributed by atoms with Crippen molar-refractivity contribution in [3.05, 3.63) is 94.8 Å². The minimum atomic E-state index is -3.37. The van der Waals surface area contributed by atoms with Gasteiger partial charge in [0.05, 0.1) is 23.6 Å². The molecule has 9 heteroatoms. The first-order chi connectivity index (χ1) is 16.4. The van der Waals surface area contributed by atoms with E-state index in [1.165, 1.54) is 22.5 Å². The van der Waals surface area contributed by atoms with Gasteiger partial charge < -0.3 is 14.2 Å². The number of esters is 1. The summed E-state index contributed by atoms with van der Waals surface area (Å²) in [5.41, 5.74) is 2.34. The molecule has 0 unspecified atom stereocenters. The molecule has 0 saturated carbocycles. The summed E-state index contributed by atoms with van der Waals surface area (Å²) in [6.07, 6.45) is -0.122. The zero-order chi connectivity index (χ0) is 23.7. The zero-order valence-electron chi connectivity index (χ0n) is 18.1. The molecule has 3 aromatic rings. The molecule has 34 heavy (non-hydrogen) atoms. The first-order valence-electron chi connectivity index (χ1n) is 10.8. The molecule has 1 saturated heterocycles. The predicted molar refractivity (Wildman–Crippen MR) is 122 cm³/mol. The molecule has 2 heterocycles. The largest absolute Gasteiger partial charge is 0.460 e. The number of sulfonamides is 1. The quantitative estimate of drug-likeness (QED) is 0.503. The first-order valence-corrected chi connectivity index (χ1v) is 12.4. The highest BCUT2D eigenvalue weighted by atomic mass is 32.2. The molecule has 3 aromatic carbocycles. The molecule has 0 spiro atoms. The van der Waals surface area contributed by atoms with E-state index in [9.17, 15) is 17.6 Å². The van der Waals surface area contributed by atoms with Crippen molar-refractivity contribution in [1.82, 2.24) is 0 Å². The molecule has 0 N–H and O–H groups in total. The summed E-state index contributed by atoms with van der Waals surface area (Å²) in [7, 11) is -3.37. The van der Waals surface area contributed by atoms with Crippen LogP contribution in [0, 0.1) is 5.82 Å². The van der Waals surface area contributed by atoms with Gasteiger partial charge in [0, 0.05) is 23.2 Å². The van der Waals surface area contributed by atoms with Gasteiger partial charge in [-0.1, -0.05) is 36.4 Å². The van der Waals surface area contributed by atoms with Gasteiger partial charge in [-0.25, -0.2) is 17.6 Å². The molecule has 5 rings (SSSR count). The van der Waals surface area contributed by atoms with Crippen molar-refractivity contribution in [2.45, 2.75) is 25.9 Å². The summed E-state index contributed by atoms with van der Waals surface area (Å²) in [5, 5.41) is 0. The summed E-state index contributed by atoms with van der Waals surface area (Å²) in [5.74, 6) is -0.634. The lowest BCUT2D eigenvalue weighted by molar-refractivity contribution is -0.112. The lowest BCUT2D eigenvalue weighted by Gasteiger charge is -2.28. The summed E-state index contributed by atoms with van der Waals surface area (Å²) in [6.45, 7) is 0.310. The summed E-state index contributed by atoms with van der Waals surface area (Å²) < 4.78 is 57.1. The monoisotopic (exact) mass is 483 g/mol. The standard InChI is InChI=1S/C25H22FNO6S/c26-21-12-19(23-20(13-21)16-32-25(33-23)17-6-2-1-3-7-17)15-31-24(28)18-8-4-9-22(14-18)27-10-5-11-34(27,29)30/h1-4,6-9,12-14,25H,5,10-11,15-16H2/t25-/m0/s1. The van der Waals surface area contributed by atoms with Crippen molar-refractivity contribution in [3.63, 3.8) is 0 Å². The van der Waals surface area contributed by atoms with Crippen LogP contribution >= 0.6 is 0 Å². The first kappa shape index (κ1) is 22.4. The van der Waals surface area contributed by atoms with Crippen LogP contribution in [-0.2, 0) is 32.7 Å². The topological polar surface area (TPSA) is 82.1 Å². The van der Waals surface area contributed by atoms with Crippen LogP contribution in [0.4, 0.5) is 10.1 Å². The van der Waals surface area contributed by atoms with Gasteiger partial charge in [-0.05, 0) is 36.8 Å². The normalized spacial score (nSPS) is 18.7. The van der Waals surface area contributed by atoms with Crippen LogP contribution < -0.4 is 9.04 Å². The molecule has 0 bridgehead atoms. The second kappa shape index (κ2) is 9.08. The average Bonchev–Trinajstić information content (AvgIpc) is 3.21. The van der Waals surface area contributed by atoms with E-state index in [-0.39, 0.29) is 24.5 Å². The fourth-order valence-corrected chi connectivity index (χ4v) is 5.66. The number of anilines is 1. The fourth-order valence-electron chi connectivity index (χ4n) is 4.10. The second-order valence-electron chi connectivity index (χ2n) is 8.09. The van der Waals surface area contributed by atoms with Crippen molar-refractivity contribution < 1.29 is 31.8 Å². The van der Waals surface area contributed by atoms with Gasteiger partial charge >= 0.3 is 5.97 Å². The van der Waals surface area contributed by atoms with E-state index in [0.29, 0.717) is 35.5 Å². The molecule has 1 fully saturated rings. The molecule has 0 aliphatic carbocycles. The molecule has 0 amide bonds.